The van der Waals surface area contributed by atoms with Crippen LogP contribution in [0.5, 0.6) is 0 Å². The van der Waals surface area contributed by atoms with Crippen LogP contribution in [0, 0.1) is 0 Å². The summed E-state index contributed by atoms with van der Waals surface area (Å²) in [7, 11) is 0. The van der Waals surface area contributed by atoms with Gasteiger partial charge in [0.1, 0.15) is 25.2 Å². The number of halogens is 3. The molecule has 2 aromatic carbocycles. The summed E-state index contributed by atoms with van der Waals surface area (Å²) in [5, 5.41) is 22.5. The Bertz CT molecular complexity index is 1600. The van der Waals surface area contributed by atoms with Crippen LogP contribution >= 0.6 is 0 Å². The Labute approximate surface area is 335 Å². The van der Waals surface area contributed by atoms with Gasteiger partial charge < -0.3 is 51.7 Å². The first kappa shape index (κ1) is 50.3. The summed E-state index contributed by atoms with van der Waals surface area (Å²) in [6.07, 6.45) is -4.21. The maximum Gasteiger partial charge on any atom is 0.430 e. The third kappa shape index (κ3) is 24.7. The number of carboxylic acid groups (broad SMARTS) is 1. The predicted octanol–water partition coefficient (Wildman–Crippen LogP) is 1.31. The Hall–Kier alpha value is -5.72. The minimum Gasteiger partial charge on any atom is -0.542 e. The third-order valence-corrected chi connectivity index (χ3v) is 7.71. The third-order valence-electron chi connectivity index (χ3n) is 7.71. The fraction of sp³-hybridized carbons (Fsp3) is 0.513. The minimum atomic E-state index is -5.19. The standard InChI is InChI=1S/C37H54N6O8.C2HF3O2/c1-25(38)19-32(44)40-26(2)20-33(45)41-27(3)21-34(46)42-28(4)22-35(47)43-31(36(48)50-23-29-13-7-5-8-14-29)17-11-12-18-39-37(49)51-24-30-15-9-6-10-16-30;3-2(4,5)1(6)7/h5-10,13-16,25-28,31H,11-12,17-24,38H2,1-4H3,(H,39,49)(H,40,44)(H,41,45)(H,42,46)(H,43,47);(H,6,7)/t25-,26-,27-,28-,31-;/m0./s1. The zero-order valence-electron chi connectivity index (χ0n) is 33.2. The number of carbonyl (C=O) groups is 7. The molecule has 8 N–H and O–H groups in total. The number of alkyl carbamates (subject to hydrolysis) is 1. The maximum absolute atomic E-state index is 13.0. The van der Waals surface area contributed by atoms with Crippen LogP contribution in [0.15, 0.2) is 60.7 Å². The zero-order chi connectivity index (χ0) is 43.7. The maximum atomic E-state index is 13.0. The van der Waals surface area contributed by atoms with Crippen LogP contribution in [0.3, 0.4) is 0 Å². The molecule has 0 bridgehead atoms. The minimum absolute atomic E-state index is 0.0142. The van der Waals surface area contributed by atoms with E-state index in [1.165, 1.54) is 0 Å². The molecular weight excluding hydrogens is 769 g/mol. The molecule has 0 saturated heterocycles. The quantitative estimate of drug-likeness (QED) is 0.0734. The first-order valence-electron chi connectivity index (χ1n) is 18.7. The van der Waals surface area contributed by atoms with E-state index >= 15 is 0 Å². The number of alkyl halides is 3. The van der Waals surface area contributed by atoms with Gasteiger partial charge in [-0.05, 0) is 58.1 Å². The van der Waals surface area contributed by atoms with Crippen LogP contribution in [-0.4, -0.2) is 84.6 Å². The molecular formula is C39H55F3N6O10. The van der Waals surface area contributed by atoms with E-state index in [4.69, 9.17) is 19.4 Å². The van der Waals surface area contributed by atoms with E-state index in [1.807, 2.05) is 67.6 Å². The summed E-state index contributed by atoms with van der Waals surface area (Å²) >= 11 is 0. The first-order valence-corrected chi connectivity index (χ1v) is 18.7. The average Bonchev–Trinajstić information content (AvgIpc) is 3.12. The number of amides is 5. The molecule has 5 amide bonds. The van der Waals surface area contributed by atoms with Crippen molar-refractivity contribution in [3.8, 4) is 0 Å². The van der Waals surface area contributed by atoms with Gasteiger partial charge in [0.05, 0.1) is 12.5 Å². The lowest BCUT2D eigenvalue weighted by Gasteiger charge is -2.21. The largest absolute Gasteiger partial charge is 0.542 e. The molecule has 2 rings (SSSR count). The summed E-state index contributed by atoms with van der Waals surface area (Å²) < 4.78 is 42.3. The molecule has 0 unspecified atom stereocenters. The lowest BCUT2D eigenvalue weighted by Crippen LogP contribution is -2.60. The molecule has 58 heavy (non-hydrogen) atoms. The fourth-order valence-electron chi connectivity index (χ4n) is 5.07. The van der Waals surface area contributed by atoms with Gasteiger partial charge >= 0.3 is 18.2 Å². The van der Waals surface area contributed by atoms with Gasteiger partial charge in [0.2, 0.25) is 23.6 Å². The number of quaternary nitrogens is 1. The zero-order valence-corrected chi connectivity index (χ0v) is 33.2. The lowest BCUT2D eigenvalue weighted by molar-refractivity contribution is -0.412. The van der Waals surface area contributed by atoms with Crippen molar-refractivity contribution in [2.45, 2.75) is 122 Å². The van der Waals surface area contributed by atoms with E-state index in [0.717, 1.165) is 11.1 Å². The molecule has 0 spiro atoms. The predicted molar refractivity (Wildman–Crippen MR) is 201 cm³/mol. The molecule has 0 saturated carbocycles. The summed E-state index contributed by atoms with van der Waals surface area (Å²) in [5.41, 5.74) is 5.46. The van der Waals surface area contributed by atoms with Gasteiger partial charge in [0.25, 0.3) is 0 Å². The molecule has 2 aromatic rings. The highest BCUT2D eigenvalue weighted by molar-refractivity contribution is 5.85. The first-order chi connectivity index (χ1) is 27.2. The van der Waals surface area contributed by atoms with Crippen LogP contribution in [-0.2, 0) is 51.5 Å². The van der Waals surface area contributed by atoms with Gasteiger partial charge in [-0.3, -0.25) is 19.2 Å². The number of carboxylic acids is 1. The van der Waals surface area contributed by atoms with Crippen molar-refractivity contribution in [2.75, 3.05) is 6.54 Å². The van der Waals surface area contributed by atoms with E-state index in [2.05, 4.69) is 32.3 Å². The Balaban J connectivity index is 0.00000219. The second-order valence-electron chi connectivity index (χ2n) is 13.8. The highest BCUT2D eigenvalue weighted by Crippen LogP contribution is 2.12. The van der Waals surface area contributed by atoms with E-state index in [-0.39, 0.29) is 75.1 Å². The van der Waals surface area contributed by atoms with Gasteiger partial charge in [-0.2, -0.15) is 13.2 Å². The number of esters is 1. The summed E-state index contributed by atoms with van der Waals surface area (Å²) in [5.74, 6) is -4.88. The van der Waals surface area contributed by atoms with Gasteiger partial charge in [-0.25, -0.2) is 9.59 Å². The second-order valence-corrected chi connectivity index (χ2v) is 13.8. The molecule has 5 atom stereocenters. The molecule has 16 nitrogen and oxygen atoms in total. The van der Waals surface area contributed by atoms with E-state index in [1.54, 1.807) is 20.8 Å². The number of hydrogen-bond acceptors (Lipinski definition) is 10. The smallest absolute Gasteiger partial charge is 0.430 e. The Morgan fingerprint density at radius 2 is 1.03 bits per heavy atom. The molecule has 0 aliphatic rings. The number of hydrogen-bond donors (Lipinski definition) is 6. The number of benzene rings is 2. The van der Waals surface area contributed by atoms with Gasteiger partial charge in [-0.15, -0.1) is 0 Å². The number of ether oxygens (including phenoxy) is 2. The van der Waals surface area contributed by atoms with Crippen molar-refractivity contribution in [3.05, 3.63) is 71.8 Å². The molecule has 0 radical (unpaired) electrons. The van der Waals surface area contributed by atoms with Crippen molar-refractivity contribution >= 4 is 41.7 Å². The molecule has 0 aromatic heterocycles. The van der Waals surface area contributed by atoms with Gasteiger partial charge in [0, 0.05) is 43.9 Å². The number of carbonyl (C=O) groups excluding carboxylic acids is 7. The van der Waals surface area contributed by atoms with Gasteiger partial charge in [-0.1, -0.05) is 60.7 Å². The topological polar surface area (TPSA) is 249 Å². The number of rotatable bonds is 22. The molecule has 19 heteroatoms. The number of nitrogens with one attached hydrogen (secondary N) is 5. The van der Waals surface area contributed by atoms with Crippen LogP contribution in [0.25, 0.3) is 0 Å². The number of aliphatic carboxylic acids is 1. The normalized spacial score (nSPS) is 13.4. The van der Waals surface area contributed by atoms with Crippen molar-refractivity contribution in [1.29, 1.82) is 0 Å². The Morgan fingerprint density at radius 3 is 1.45 bits per heavy atom. The monoisotopic (exact) mass is 824 g/mol. The summed E-state index contributed by atoms with van der Waals surface area (Å²) in [4.78, 5) is 83.8. The molecule has 0 heterocycles. The fourth-order valence-corrected chi connectivity index (χ4v) is 5.07. The van der Waals surface area contributed by atoms with Crippen molar-refractivity contribution in [3.63, 3.8) is 0 Å². The molecule has 0 aliphatic heterocycles. The molecule has 0 fully saturated rings. The number of unbranched alkanes of at least 4 members (excludes halogenated alkanes) is 1. The van der Waals surface area contributed by atoms with Crippen LogP contribution in [0.1, 0.15) is 83.8 Å². The van der Waals surface area contributed by atoms with E-state index < -0.39 is 48.2 Å². The SMILES string of the molecule is C[C@H]([NH3+])CC(=O)N[C@@H](C)CC(=O)N[C@@H](C)CC(=O)N[C@@H](C)CC(=O)N[C@@H](CCCCNC(=O)OCc1ccccc1)C(=O)OCc1ccccc1.O=C([O-])C(F)(F)F. The highest BCUT2D eigenvalue weighted by Gasteiger charge is 2.29. The van der Waals surface area contributed by atoms with E-state index in [0.29, 0.717) is 19.4 Å². The summed E-state index contributed by atoms with van der Waals surface area (Å²) in [6, 6.07) is 16.1. The highest BCUT2D eigenvalue weighted by atomic mass is 19.4. The van der Waals surface area contributed by atoms with Gasteiger partial charge in [0.15, 0.2) is 0 Å². The Morgan fingerprint density at radius 1 is 0.638 bits per heavy atom. The van der Waals surface area contributed by atoms with Crippen molar-refractivity contribution in [2.24, 2.45) is 0 Å². The Kier molecular flexibility index (Phi) is 23.4. The van der Waals surface area contributed by atoms with Crippen molar-refractivity contribution in [1.82, 2.24) is 26.6 Å². The van der Waals surface area contributed by atoms with Crippen LogP contribution in [0.4, 0.5) is 18.0 Å². The average molecular weight is 825 g/mol. The molecule has 0 aliphatic carbocycles. The second kappa shape index (κ2) is 27.0. The lowest BCUT2D eigenvalue weighted by atomic mass is 10.1. The van der Waals surface area contributed by atoms with Crippen LogP contribution < -0.4 is 37.4 Å². The molecule has 322 valence electrons. The summed E-state index contributed by atoms with van der Waals surface area (Å²) in [6.45, 7) is 7.44. The van der Waals surface area contributed by atoms with Crippen molar-refractivity contribution < 1.29 is 67.0 Å². The van der Waals surface area contributed by atoms with E-state index in [9.17, 15) is 41.9 Å². The van der Waals surface area contributed by atoms with Crippen LogP contribution in [0.2, 0.25) is 0 Å².